The quantitative estimate of drug-likeness (QED) is 0.349. The van der Waals surface area contributed by atoms with Gasteiger partial charge in [-0.15, -0.1) is 0 Å². The minimum atomic E-state index is -0.113. The molecule has 0 N–H and O–H groups in total. The largest absolute Gasteiger partial charge is 0.0683 e. The molecule has 2 aromatic rings. The first kappa shape index (κ1) is 25.9. The van der Waals surface area contributed by atoms with Gasteiger partial charge in [0.25, 0.3) is 0 Å². The lowest BCUT2D eigenvalue weighted by atomic mass is 9.79. The summed E-state index contributed by atoms with van der Waals surface area (Å²) in [6.07, 6.45) is 14.6. The third-order valence-corrected chi connectivity index (χ3v) is 12.1. The minimum Gasteiger partial charge on any atom is -0.0683 e. The summed E-state index contributed by atoms with van der Waals surface area (Å²) in [4.78, 5) is 0. The molecule has 0 atom stereocenters. The zero-order valence-electron chi connectivity index (χ0n) is 22.9. The van der Waals surface area contributed by atoms with Crippen molar-refractivity contribution in [3.05, 3.63) is 53.1 Å². The molecular weight excluding hydrogens is 427 g/mol. The summed E-state index contributed by atoms with van der Waals surface area (Å²) in [6.45, 7) is 14.4. The lowest BCUT2D eigenvalue weighted by molar-refractivity contribution is 0.487. The molecule has 0 bridgehead atoms. The molecule has 2 saturated carbocycles. The molecule has 2 aliphatic rings. The molecule has 34 heavy (non-hydrogen) atoms. The van der Waals surface area contributed by atoms with Crippen LogP contribution in [0.4, 0.5) is 0 Å². The van der Waals surface area contributed by atoms with Crippen molar-refractivity contribution in [2.45, 2.75) is 135 Å². The summed E-state index contributed by atoms with van der Waals surface area (Å²) < 4.78 is 0. The third kappa shape index (κ3) is 5.48. The van der Waals surface area contributed by atoms with Crippen LogP contribution in [0, 0.1) is 0 Å². The molecule has 2 aromatic carbocycles. The van der Waals surface area contributed by atoms with E-state index < -0.39 is 0 Å². The first-order valence-electron chi connectivity index (χ1n) is 14.4. The molecule has 1 heteroatoms. The molecule has 0 nitrogen and oxygen atoms in total. The van der Waals surface area contributed by atoms with E-state index in [1.807, 2.05) is 0 Å². The van der Waals surface area contributed by atoms with Crippen LogP contribution in [0.25, 0.3) is 11.1 Å². The van der Waals surface area contributed by atoms with Crippen LogP contribution in [0.5, 0.6) is 0 Å². The Hall–Kier alpha value is -1.13. The molecule has 186 valence electrons. The van der Waals surface area contributed by atoms with Gasteiger partial charge in [0.2, 0.25) is 0 Å². The van der Waals surface area contributed by atoms with E-state index in [0.717, 1.165) is 11.3 Å². The Balaban J connectivity index is 1.89. The van der Waals surface area contributed by atoms with Crippen molar-refractivity contribution in [3.8, 4) is 11.1 Å². The summed E-state index contributed by atoms with van der Waals surface area (Å²) >= 11 is 0. The van der Waals surface area contributed by atoms with Gasteiger partial charge in [0.15, 0.2) is 0 Å². The Morgan fingerprint density at radius 1 is 0.559 bits per heavy atom. The molecule has 0 aromatic heterocycles. The van der Waals surface area contributed by atoms with Gasteiger partial charge in [-0.3, -0.25) is 0 Å². The summed E-state index contributed by atoms with van der Waals surface area (Å²) in [7, 11) is -0.113. The number of rotatable bonds is 7. The van der Waals surface area contributed by atoms with Crippen LogP contribution >= 0.6 is 7.92 Å². The molecule has 0 aliphatic heterocycles. The average Bonchev–Trinajstić information content (AvgIpc) is 2.85. The topological polar surface area (TPSA) is 0 Å². The van der Waals surface area contributed by atoms with Crippen molar-refractivity contribution in [3.63, 3.8) is 0 Å². The molecular formula is C33H49P. The molecule has 4 rings (SSSR count). The van der Waals surface area contributed by atoms with Gasteiger partial charge >= 0.3 is 0 Å². The molecule has 0 heterocycles. The van der Waals surface area contributed by atoms with Gasteiger partial charge in [0.1, 0.15) is 0 Å². The van der Waals surface area contributed by atoms with Crippen LogP contribution in [0.2, 0.25) is 0 Å². The van der Waals surface area contributed by atoms with Crippen molar-refractivity contribution in [2.75, 3.05) is 0 Å². The number of hydrogen-bond acceptors (Lipinski definition) is 0. The zero-order chi connectivity index (χ0) is 24.2. The van der Waals surface area contributed by atoms with E-state index in [-0.39, 0.29) is 7.92 Å². The second-order valence-corrected chi connectivity index (χ2v) is 14.8. The van der Waals surface area contributed by atoms with Crippen molar-refractivity contribution < 1.29 is 0 Å². The first-order chi connectivity index (χ1) is 16.4. The Bertz CT molecular complexity index is 908. The van der Waals surface area contributed by atoms with E-state index in [4.69, 9.17) is 0 Å². The Labute approximate surface area is 212 Å². The van der Waals surface area contributed by atoms with E-state index in [2.05, 4.69) is 77.9 Å². The van der Waals surface area contributed by atoms with Crippen molar-refractivity contribution in [1.29, 1.82) is 0 Å². The van der Waals surface area contributed by atoms with E-state index >= 15 is 0 Å². The predicted molar refractivity (Wildman–Crippen MR) is 154 cm³/mol. The van der Waals surface area contributed by atoms with Crippen LogP contribution in [0.15, 0.2) is 36.4 Å². The maximum absolute atomic E-state index is 2.56. The Morgan fingerprint density at radius 2 is 1.09 bits per heavy atom. The van der Waals surface area contributed by atoms with Crippen LogP contribution in [-0.2, 0) is 0 Å². The highest BCUT2D eigenvalue weighted by atomic mass is 31.1. The van der Waals surface area contributed by atoms with Crippen LogP contribution in [0.3, 0.4) is 0 Å². The van der Waals surface area contributed by atoms with Gasteiger partial charge in [-0.25, -0.2) is 0 Å². The van der Waals surface area contributed by atoms with E-state index in [0.29, 0.717) is 17.8 Å². The van der Waals surface area contributed by atoms with Crippen LogP contribution in [0.1, 0.15) is 140 Å². The standard InChI is InChI=1S/C33H49P/c1-23(2)28-21-22-30(33(25(5)6)32(28)24(3)4)29-19-13-14-20-31(29)34(26-15-9-7-10-16-26)27-17-11-8-12-18-27/h13-14,19-27H,7-12,15-18H2,1-6H3. The maximum atomic E-state index is 2.56. The summed E-state index contributed by atoms with van der Waals surface area (Å²) in [6, 6.07) is 14.7. The average molecular weight is 477 g/mol. The third-order valence-electron chi connectivity index (χ3n) is 8.51. The smallest absolute Gasteiger partial charge is 0.0104 e. The fourth-order valence-electron chi connectivity index (χ4n) is 6.99. The van der Waals surface area contributed by atoms with Crippen LogP contribution < -0.4 is 5.30 Å². The lowest BCUT2D eigenvalue weighted by Gasteiger charge is -2.40. The highest BCUT2D eigenvalue weighted by molar-refractivity contribution is 7.67. The van der Waals surface area contributed by atoms with E-state index in [9.17, 15) is 0 Å². The predicted octanol–water partition coefficient (Wildman–Crippen LogP) is 10.5. The van der Waals surface area contributed by atoms with E-state index in [1.54, 1.807) is 27.6 Å². The SMILES string of the molecule is CC(C)c1ccc(-c2ccccc2P(C2CCCCC2)C2CCCCC2)c(C(C)C)c1C(C)C. The van der Waals surface area contributed by atoms with Gasteiger partial charge in [-0.05, 0) is 87.9 Å². The molecule has 0 amide bonds. The second kappa shape index (κ2) is 11.7. The van der Waals surface area contributed by atoms with Crippen molar-refractivity contribution in [2.24, 2.45) is 0 Å². The monoisotopic (exact) mass is 476 g/mol. The molecule has 0 radical (unpaired) electrons. The van der Waals surface area contributed by atoms with Crippen molar-refractivity contribution >= 4 is 13.2 Å². The highest BCUT2D eigenvalue weighted by Crippen LogP contribution is 2.56. The normalized spacial score (nSPS) is 18.5. The van der Waals surface area contributed by atoms with Gasteiger partial charge in [-0.1, -0.05) is 124 Å². The molecule has 0 saturated heterocycles. The summed E-state index contributed by atoms with van der Waals surface area (Å²) in [5, 5.41) is 1.74. The maximum Gasteiger partial charge on any atom is -0.0104 e. The molecule has 2 fully saturated rings. The fourth-order valence-corrected chi connectivity index (χ4v) is 11.0. The Morgan fingerprint density at radius 3 is 1.59 bits per heavy atom. The zero-order valence-corrected chi connectivity index (χ0v) is 23.8. The number of benzene rings is 2. The molecule has 2 aliphatic carbocycles. The number of hydrogen-bond donors (Lipinski definition) is 0. The summed E-state index contributed by atoms with van der Waals surface area (Å²) in [5.74, 6) is 1.66. The highest BCUT2D eigenvalue weighted by Gasteiger charge is 2.34. The van der Waals surface area contributed by atoms with Crippen molar-refractivity contribution in [1.82, 2.24) is 0 Å². The van der Waals surface area contributed by atoms with Gasteiger partial charge in [0.05, 0.1) is 0 Å². The first-order valence-corrected chi connectivity index (χ1v) is 15.9. The lowest BCUT2D eigenvalue weighted by Crippen LogP contribution is -2.27. The van der Waals surface area contributed by atoms with Gasteiger partial charge in [-0.2, -0.15) is 0 Å². The second-order valence-electron chi connectivity index (χ2n) is 12.0. The fraction of sp³-hybridized carbons (Fsp3) is 0.636. The van der Waals surface area contributed by atoms with Gasteiger partial charge < -0.3 is 0 Å². The van der Waals surface area contributed by atoms with Crippen LogP contribution in [-0.4, -0.2) is 11.3 Å². The molecule has 0 spiro atoms. The van der Waals surface area contributed by atoms with Gasteiger partial charge in [0, 0.05) is 0 Å². The van der Waals surface area contributed by atoms with E-state index in [1.165, 1.54) is 69.8 Å². The minimum absolute atomic E-state index is 0.113. The summed E-state index contributed by atoms with van der Waals surface area (Å²) in [5.41, 5.74) is 9.79. The molecule has 0 unspecified atom stereocenters. The Kier molecular flexibility index (Phi) is 8.96.